The standard InChI is InChI=1S/C16H21N3O3/c1-18(14-9-12-6-7-13(10-14)17-12)16(20)8-11-4-2-3-5-15(11)19(21)22/h2-5,12-14,17H,6-10H2,1H3. The zero-order chi connectivity index (χ0) is 15.7. The highest BCUT2D eigenvalue weighted by molar-refractivity contribution is 5.80. The number of rotatable bonds is 4. The molecule has 2 aliphatic rings. The fourth-order valence-corrected chi connectivity index (χ4v) is 3.67. The second-order valence-corrected chi connectivity index (χ2v) is 6.33. The molecule has 6 nitrogen and oxygen atoms in total. The Bertz CT molecular complexity index is 578. The number of likely N-dealkylation sites (N-methyl/N-ethyl adjacent to an activating group) is 1. The number of piperidine rings is 1. The molecule has 2 aliphatic heterocycles. The molecule has 2 saturated heterocycles. The second kappa shape index (κ2) is 6.04. The van der Waals surface area contributed by atoms with Crippen LogP contribution in [-0.4, -0.2) is 40.9 Å². The summed E-state index contributed by atoms with van der Waals surface area (Å²) in [6.45, 7) is 0. The molecule has 0 aliphatic carbocycles. The first kappa shape index (κ1) is 15.0. The van der Waals surface area contributed by atoms with Gasteiger partial charge in [0, 0.05) is 36.8 Å². The third-order valence-electron chi connectivity index (χ3n) is 4.92. The number of para-hydroxylation sites is 1. The number of carbonyl (C=O) groups excluding carboxylic acids is 1. The van der Waals surface area contributed by atoms with Gasteiger partial charge in [-0.2, -0.15) is 0 Å². The Balaban J connectivity index is 1.68. The molecule has 1 amide bonds. The van der Waals surface area contributed by atoms with Gasteiger partial charge in [0.1, 0.15) is 0 Å². The van der Waals surface area contributed by atoms with E-state index in [2.05, 4.69) is 5.32 Å². The average Bonchev–Trinajstić information content (AvgIpc) is 2.85. The van der Waals surface area contributed by atoms with Crippen LogP contribution in [0.15, 0.2) is 24.3 Å². The molecule has 1 N–H and O–H groups in total. The molecule has 2 atom stereocenters. The molecule has 0 aromatic heterocycles. The molecule has 2 unspecified atom stereocenters. The van der Waals surface area contributed by atoms with Crippen LogP contribution in [0.1, 0.15) is 31.2 Å². The molecule has 2 fully saturated rings. The van der Waals surface area contributed by atoms with E-state index in [0.29, 0.717) is 17.6 Å². The number of hydrogen-bond donors (Lipinski definition) is 1. The number of hydrogen-bond acceptors (Lipinski definition) is 4. The molecule has 1 aromatic rings. The summed E-state index contributed by atoms with van der Waals surface area (Å²) in [5, 5.41) is 14.6. The van der Waals surface area contributed by atoms with Gasteiger partial charge in [-0.15, -0.1) is 0 Å². The molecule has 0 radical (unpaired) electrons. The number of fused-ring (bicyclic) bond motifs is 2. The molecule has 22 heavy (non-hydrogen) atoms. The van der Waals surface area contributed by atoms with Gasteiger partial charge < -0.3 is 10.2 Å². The lowest BCUT2D eigenvalue weighted by atomic mass is 9.98. The zero-order valence-electron chi connectivity index (χ0n) is 12.7. The number of benzene rings is 1. The van der Waals surface area contributed by atoms with Gasteiger partial charge in [-0.1, -0.05) is 18.2 Å². The summed E-state index contributed by atoms with van der Waals surface area (Å²) >= 11 is 0. The van der Waals surface area contributed by atoms with Gasteiger partial charge in [-0.05, 0) is 25.7 Å². The molecular formula is C16H21N3O3. The van der Waals surface area contributed by atoms with Crippen molar-refractivity contribution >= 4 is 11.6 Å². The van der Waals surface area contributed by atoms with Crippen LogP contribution in [0.3, 0.4) is 0 Å². The maximum absolute atomic E-state index is 12.5. The van der Waals surface area contributed by atoms with E-state index in [0.717, 1.165) is 12.8 Å². The number of nitrogens with zero attached hydrogens (tertiary/aromatic N) is 2. The normalized spacial score (nSPS) is 26.7. The molecule has 6 heteroatoms. The molecule has 2 heterocycles. The molecule has 1 aromatic carbocycles. The van der Waals surface area contributed by atoms with Crippen molar-refractivity contribution < 1.29 is 9.72 Å². The van der Waals surface area contributed by atoms with Crippen molar-refractivity contribution in [3.8, 4) is 0 Å². The number of nitro benzene ring substituents is 1. The van der Waals surface area contributed by atoms with Gasteiger partial charge in [-0.3, -0.25) is 14.9 Å². The average molecular weight is 303 g/mol. The van der Waals surface area contributed by atoms with Crippen molar-refractivity contribution in [2.75, 3.05) is 7.05 Å². The number of nitrogens with one attached hydrogen (secondary N) is 1. The van der Waals surface area contributed by atoms with Crippen LogP contribution in [0.25, 0.3) is 0 Å². The minimum atomic E-state index is -0.423. The Morgan fingerprint density at radius 1 is 1.32 bits per heavy atom. The Hall–Kier alpha value is -1.95. The Kier molecular flexibility index (Phi) is 4.11. The smallest absolute Gasteiger partial charge is 0.273 e. The first-order valence-electron chi connectivity index (χ1n) is 7.78. The van der Waals surface area contributed by atoms with Crippen molar-refractivity contribution in [2.45, 2.75) is 50.2 Å². The van der Waals surface area contributed by atoms with Gasteiger partial charge in [0.25, 0.3) is 5.69 Å². The van der Waals surface area contributed by atoms with Crippen LogP contribution in [0.4, 0.5) is 5.69 Å². The van der Waals surface area contributed by atoms with Crippen LogP contribution in [0, 0.1) is 10.1 Å². The predicted octanol–water partition coefficient (Wildman–Crippen LogP) is 1.88. The van der Waals surface area contributed by atoms with E-state index in [1.54, 1.807) is 23.1 Å². The zero-order valence-corrected chi connectivity index (χ0v) is 12.7. The lowest BCUT2D eigenvalue weighted by Crippen LogP contribution is -2.49. The van der Waals surface area contributed by atoms with Gasteiger partial charge in [0.05, 0.1) is 11.3 Å². The quantitative estimate of drug-likeness (QED) is 0.680. The molecule has 2 bridgehead atoms. The molecule has 118 valence electrons. The van der Waals surface area contributed by atoms with Gasteiger partial charge in [0.2, 0.25) is 5.91 Å². The first-order chi connectivity index (χ1) is 10.5. The fourth-order valence-electron chi connectivity index (χ4n) is 3.67. The summed E-state index contributed by atoms with van der Waals surface area (Å²) in [6.07, 6.45) is 4.43. The summed E-state index contributed by atoms with van der Waals surface area (Å²) in [4.78, 5) is 24.9. The Labute approximate surface area is 129 Å². The van der Waals surface area contributed by atoms with E-state index < -0.39 is 4.92 Å². The highest BCUT2D eigenvalue weighted by Crippen LogP contribution is 2.29. The SMILES string of the molecule is CN(C(=O)Cc1ccccc1[N+](=O)[O-])C1CC2CCC(C1)N2. The maximum atomic E-state index is 12.5. The minimum Gasteiger partial charge on any atom is -0.342 e. The number of nitro groups is 1. The highest BCUT2D eigenvalue weighted by atomic mass is 16.6. The van der Waals surface area contributed by atoms with Crippen LogP contribution in [0.5, 0.6) is 0 Å². The highest BCUT2D eigenvalue weighted by Gasteiger charge is 2.36. The molecule has 0 saturated carbocycles. The summed E-state index contributed by atoms with van der Waals surface area (Å²) in [6, 6.07) is 7.76. The third kappa shape index (κ3) is 2.97. The van der Waals surface area contributed by atoms with E-state index in [1.807, 2.05) is 7.05 Å². The molecule has 3 rings (SSSR count). The Morgan fingerprint density at radius 2 is 1.95 bits per heavy atom. The third-order valence-corrected chi connectivity index (χ3v) is 4.92. The minimum absolute atomic E-state index is 0.0228. The van der Waals surface area contributed by atoms with Crippen molar-refractivity contribution in [3.05, 3.63) is 39.9 Å². The van der Waals surface area contributed by atoms with Crippen LogP contribution in [-0.2, 0) is 11.2 Å². The lowest BCUT2D eigenvalue weighted by molar-refractivity contribution is -0.385. The van der Waals surface area contributed by atoms with Gasteiger partial charge in [0.15, 0.2) is 0 Å². The topological polar surface area (TPSA) is 75.5 Å². The summed E-state index contributed by atoms with van der Waals surface area (Å²) in [5.74, 6) is -0.0411. The van der Waals surface area contributed by atoms with Crippen molar-refractivity contribution in [2.24, 2.45) is 0 Å². The van der Waals surface area contributed by atoms with E-state index in [1.165, 1.54) is 18.9 Å². The van der Waals surface area contributed by atoms with E-state index in [-0.39, 0.29) is 24.1 Å². The van der Waals surface area contributed by atoms with Crippen LogP contribution < -0.4 is 5.32 Å². The first-order valence-corrected chi connectivity index (χ1v) is 7.78. The Morgan fingerprint density at radius 3 is 2.59 bits per heavy atom. The summed E-state index contributed by atoms with van der Waals surface area (Å²) < 4.78 is 0. The second-order valence-electron chi connectivity index (χ2n) is 6.33. The summed E-state index contributed by atoms with van der Waals surface area (Å²) in [5.41, 5.74) is 0.510. The molecular weight excluding hydrogens is 282 g/mol. The monoisotopic (exact) mass is 303 g/mol. The van der Waals surface area contributed by atoms with Crippen LogP contribution >= 0.6 is 0 Å². The largest absolute Gasteiger partial charge is 0.342 e. The molecule has 0 spiro atoms. The fraction of sp³-hybridized carbons (Fsp3) is 0.562. The summed E-state index contributed by atoms with van der Waals surface area (Å²) in [7, 11) is 1.83. The van der Waals surface area contributed by atoms with E-state index in [9.17, 15) is 14.9 Å². The van der Waals surface area contributed by atoms with Crippen molar-refractivity contribution in [3.63, 3.8) is 0 Å². The van der Waals surface area contributed by atoms with E-state index in [4.69, 9.17) is 0 Å². The lowest BCUT2D eigenvalue weighted by Gasteiger charge is -2.35. The maximum Gasteiger partial charge on any atom is 0.273 e. The van der Waals surface area contributed by atoms with E-state index >= 15 is 0 Å². The number of amides is 1. The van der Waals surface area contributed by atoms with Crippen molar-refractivity contribution in [1.29, 1.82) is 0 Å². The van der Waals surface area contributed by atoms with Crippen LogP contribution in [0.2, 0.25) is 0 Å². The number of carbonyl (C=O) groups is 1. The predicted molar refractivity (Wildman–Crippen MR) is 82.5 cm³/mol. The van der Waals surface area contributed by atoms with Crippen molar-refractivity contribution in [1.82, 2.24) is 10.2 Å². The van der Waals surface area contributed by atoms with Gasteiger partial charge >= 0.3 is 0 Å². The van der Waals surface area contributed by atoms with Gasteiger partial charge in [-0.25, -0.2) is 0 Å².